The fourth-order valence-electron chi connectivity index (χ4n) is 1.31. The van der Waals surface area contributed by atoms with Crippen molar-refractivity contribution in [1.29, 1.82) is 0 Å². The Morgan fingerprint density at radius 3 is 2.60 bits per heavy atom. The minimum Gasteiger partial charge on any atom is -0.396 e. The lowest BCUT2D eigenvalue weighted by Crippen LogP contribution is -2.28. The Hall–Kier alpha value is -0.610. The molecular weight excluding hydrogens is 192 g/mol. The smallest absolute Gasteiger partial charge is 0.222 e. The molecule has 0 spiro atoms. The van der Waals surface area contributed by atoms with Crippen molar-refractivity contribution in [2.45, 2.75) is 38.6 Å². The van der Waals surface area contributed by atoms with Gasteiger partial charge >= 0.3 is 0 Å². The summed E-state index contributed by atoms with van der Waals surface area (Å²) in [7, 11) is 3.55. The van der Waals surface area contributed by atoms with Crippen LogP contribution in [-0.4, -0.2) is 49.2 Å². The third-order valence-electron chi connectivity index (χ3n) is 2.35. The largest absolute Gasteiger partial charge is 0.396 e. The second-order valence-electron chi connectivity index (χ2n) is 4.11. The zero-order chi connectivity index (χ0) is 11.7. The van der Waals surface area contributed by atoms with Crippen molar-refractivity contribution in [1.82, 2.24) is 10.2 Å². The molecule has 0 aliphatic heterocycles. The Bertz CT molecular complexity index is 172. The molecule has 0 bridgehead atoms. The Balaban J connectivity index is 3.34. The van der Waals surface area contributed by atoms with Crippen LogP contribution in [0.4, 0.5) is 0 Å². The van der Waals surface area contributed by atoms with Gasteiger partial charge in [-0.1, -0.05) is 0 Å². The maximum Gasteiger partial charge on any atom is 0.222 e. The minimum atomic E-state index is 0.180. The third kappa shape index (κ3) is 8.39. The minimum absolute atomic E-state index is 0.180. The number of rotatable bonds is 8. The molecule has 4 heteroatoms. The molecule has 90 valence electrons. The molecule has 0 fully saturated rings. The molecule has 0 saturated carbocycles. The van der Waals surface area contributed by atoms with Crippen LogP contribution in [0.15, 0.2) is 0 Å². The maximum atomic E-state index is 11.2. The molecule has 1 atom stereocenters. The number of carbonyl (C=O) groups excluding carboxylic acids is 1. The molecule has 0 aromatic rings. The molecule has 0 aliphatic rings. The van der Waals surface area contributed by atoms with Gasteiger partial charge in [0.05, 0.1) is 0 Å². The van der Waals surface area contributed by atoms with Crippen LogP contribution in [0.25, 0.3) is 0 Å². The highest BCUT2D eigenvalue weighted by Gasteiger charge is 2.04. The molecule has 2 N–H and O–H groups in total. The van der Waals surface area contributed by atoms with Gasteiger partial charge < -0.3 is 15.3 Å². The Kier molecular flexibility index (Phi) is 8.33. The normalized spacial score (nSPS) is 12.5. The van der Waals surface area contributed by atoms with Gasteiger partial charge in [-0.05, 0) is 32.7 Å². The van der Waals surface area contributed by atoms with E-state index in [2.05, 4.69) is 12.2 Å². The number of nitrogens with zero attached hydrogens (tertiary/aromatic N) is 1. The van der Waals surface area contributed by atoms with Crippen LogP contribution in [0.1, 0.15) is 32.6 Å². The van der Waals surface area contributed by atoms with Gasteiger partial charge in [0, 0.05) is 33.2 Å². The number of aliphatic hydroxyl groups excluding tert-OH is 1. The van der Waals surface area contributed by atoms with Crippen LogP contribution in [0, 0.1) is 0 Å². The predicted molar refractivity (Wildman–Crippen MR) is 61.7 cm³/mol. The molecular formula is C11H24N2O2. The van der Waals surface area contributed by atoms with Gasteiger partial charge in [-0.3, -0.25) is 4.79 Å². The van der Waals surface area contributed by atoms with Gasteiger partial charge in [0.2, 0.25) is 5.91 Å². The molecule has 0 aromatic heterocycles. The van der Waals surface area contributed by atoms with Crippen LogP contribution >= 0.6 is 0 Å². The van der Waals surface area contributed by atoms with Gasteiger partial charge in [-0.15, -0.1) is 0 Å². The zero-order valence-electron chi connectivity index (χ0n) is 10.1. The Morgan fingerprint density at radius 1 is 1.40 bits per heavy atom. The van der Waals surface area contributed by atoms with Gasteiger partial charge in [0.25, 0.3) is 0 Å². The third-order valence-corrected chi connectivity index (χ3v) is 2.35. The van der Waals surface area contributed by atoms with Crippen LogP contribution in [0.3, 0.4) is 0 Å². The van der Waals surface area contributed by atoms with E-state index in [1.54, 1.807) is 19.0 Å². The van der Waals surface area contributed by atoms with Crippen molar-refractivity contribution >= 4 is 5.91 Å². The van der Waals surface area contributed by atoms with Gasteiger partial charge in [0.15, 0.2) is 0 Å². The number of nitrogens with one attached hydrogen (secondary N) is 1. The lowest BCUT2D eigenvalue weighted by Gasteiger charge is -2.14. The second kappa shape index (κ2) is 8.68. The van der Waals surface area contributed by atoms with Crippen molar-refractivity contribution in [3.05, 3.63) is 0 Å². The average molecular weight is 216 g/mol. The van der Waals surface area contributed by atoms with E-state index in [1.165, 1.54) is 0 Å². The molecule has 0 rings (SSSR count). The molecule has 0 heterocycles. The van der Waals surface area contributed by atoms with Crippen molar-refractivity contribution in [2.75, 3.05) is 27.2 Å². The number of hydrogen-bond donors (Lipinski definition) is 2. The highest BCUT2D eigenvalue weighted by atomic mass is 16.2. The SMILES string of the molecule is CC(CCCO)NCCCC(=O)N(C)C. The van der Waals surface area contributed by atoms with E-state index in [0.717, 1.165) is 25.8 Å². The number of hydrogen-bond acceptors (Lipinski definition) is 3. The van der Waals surface area contributed by atoms with Gasteiger partial charge in [-0.25, -0.2) is 0 Å². The molecule has 4 nitrogen and oxygen atoms in total. The summed E-state index contributed by atoms with van der Waals surface area (Å²) in [6, 6.07) is 0.423. The number of amides is 1. The first-order chi connectivity index (χ1) is 7.07. The fourth-order valence-corrected chi connectivity index (χ4v) is 1.31. The highest BCUT2D eigenvalue weighted by molar-refractivity contribution is 5.75. The van der Waals surface area contributed by atoms with E-state index in [0.29, 0.717) is 12.5 Å². The maximum absolute atomic E-state index is 11.2. The van der Waals surface area contributed by atoms with Crippen LogP contribution < -0.4 is 5.32 Å². The van der Waals surface area contributed by atoms with Crippen LogP contribution in [-0.2, 0) is 4.79 Å². The standard InChI is InChI=1S/C11H24N2O2/c1-10(6-5-9-14)12-8-4-7-11(15)13(2)3/h10,12,14H,4-9H2,1-3H3. The van der Waals surface area contributed by atoms with Crippen molar-refractivity contribution in [3.8, 4) is 0 Å². The number of aliphatic hydroxyl groups is 1. The predicted octanol–water partition coefficient (Wildman–Crippen LogP) is 0.605. The molecule has 15 heavy (non-hydrogen) atoms. The summed E-state index contributed by atoms with van der Waals surface area (Å²) in [5, 5.41) is 12.0. The topological polar surface area (TPSA) is 52.6 Å². The first-order valence-corrected chi connectivity index (χ1v) is 5.62. The lowest BCUT2D eigenvalue weighted by atomic mass is 10.2. The summed E-state index contributed by atoms with van der Waals surface area (Å²) in [5.74, 6) is 0.180. The van der Waals surface area contributed by atoms with E-state index >= 15 is 0 Å². The monoisotopic (exact) mass is 216 g/mol. The van der Waals surface area contributed by atoms with E-state index in [9.17, 15) is 4.79 Å². The summed E-state index contributed by atoms with van der Waals surface area (Å²) in [4.78, 5) is 12.8. The first kappa shape index (κ1) is 14.4. The van der Waals surface area contributed by atoms with Crippen molar-refractivity contribution in [3.63, 3.8) is 0 Å². The molecule has 1 amide bonds. The van der Waals surface area contributed by atoms with Crippen molar-refractivity contribution in [2.24, 2.45) is 0 Å². The summed E-state index contributed by atoms with van der Waals surface area (Å²) in [6.45, 7) is 3.22. The van der Waals surface area contributed by atoms with E-state index in [-0.39, 0.29) is 12.5 Å². The van der Waals surface area contributed by atoms with Gasteiger partial charge in [-0.2, -0.15) is 0 Å². The number of carbonyl (C=O) groups is 1. The summed E-state index contributed by atoms with van der Waals surface area (Å²) in [6.07, 6.45) is 3.30. The molecule has 0 aliphatic carbocycles. The van der Waals surface area contributed by atoms with E-state index in [4.69, 9.17) is 5.11 Å². The van der Waals surface area contributed by atoms with Crippen molar-refractivity contribution < 1.29 is 9.90 Å². The van der Waals surface area contributed by atoms with E-state index in [1.807, 2.05) is 0 Å². The fraction of sp³-hybridized carbons (Fsp3) is 0.909. The first-order valence-electron chi connectivity index (χ1n) is 5.62. The van der Waals surface area contributed by atoms with Crippen LogP contribution in [0.2, 0.25) is 0 Å². The highest BCUT2D eigenvalue weighted by Crippen LogP contribution is 1.97. The quantitative estimate of drug-likeness (QED) is 0.584. The van der Waals surface area contributed by atoms with Gasteiger partial charge in [0.1, 0.15) is 0 Å². The molecule has 0 aromatic carbocycles. The second-order valence-corrected chi connectivity index (χ2v) is 4.11. The lowest BCUT2D eigenvalue weighted by molar-refractivity contribution is -0.128. The van der Waals surface area contributed by atoms with Crippen LogP contribution in [0.5, 0.6) is 0 Å². The molecule has 0 radical (unpaired) electrons. The van der Waals surface area contributed by atoms with E-state index < -0.39 is 0 Å². The molecule has 0 saturated heterocycles. The summed E-state index contributed by atoms with van der Waals surface area (Å²) in [5.41, 5.74) is 0. The Labute approximate surface area is 92.7 Å². The Morgan fingerprint density at radius 2 is 2.07 bits per heavy atom. The summed E-state index contributed by atoms with van der Waals surface area (Å²) < 4.78 is 0. The summed E-state index contributed by atoms with van der Waals surface area (Å²) >= 11 is 0. The molecule has 1 unspecified atom stereocenters. The average Bonchev–Trinajstić information content (AvgIpc) is 2.20. The zero-order valence-corrected chi connectivity index (χ0v) is 10.1.